The SMILES string of the molecule is CN[C@@H]1CN[C@H](C(=O)O)C1. The number of carboxylic acids is 1. The number of likely N-dealkylation sites (N-methyl/N-ethyl adjacent to an activating group) is 1. The molecule has 1 fully saturated rings. The molecule has 0 aromatic heterocycles. The predicted molar refractivity (Wildman–Crippen MR) is 36.9 cm³/mol. The molecule has 0 aromatic carbocycles. The van der Waals surface area contributed by atoms with Crippen molar-refractivity contribution < 1.29 is 9.90 Å². The molecule has 0 amide bonds. The van der Waals surface area contributed by atoms with Crippen molar-refractivity contribution in [3.05, 3.63) is 0 Å². The van der Waals surface area contributed by atoms with Gasteiger partial charge in [-0.1, -0.05) is 0 Å². The smallest absolute Gasteiger partial charge is 0.320 e. The van der Waals surface area contributed by atoms with Gasteiger partial charge in [-0.2, -0.15) is 0 Å². The minimum Gasteiger partial charge on any atom is -0.480 e. The van der Waals surface area contributed by atoms with Gasteiger partial charge in [-0.05, 0) is 13.5 Å². The van der Waals surface area contributed by atoms with Gasteiger partial charge in [0.1, 0.15) is 6.04 Å². The molecular weight excluding hydrogens is 132 g/mol. The van der Waals surface area contributed by atoms with Crippen LogP contribution in [-0.2, 0) is 4.79 Å². The lowest BCUT2D eigenvalue weighted by atomic mass is 10.2. The van der Waals surface area contributed by atoms with E-state index in [-0.39, 0.29) is 6.04 Å². The molecule has 1 aliphatic heterocycles. The normalized spacial score (nSPS) is 32.5. The van der Waals surface area contributed by atoms with Crippen molar-refractivity contribution >= 4 is 5.97 Å². The van der Waals surface area contributed by atoms with Crippen LogP contribution >= 0.6 is 0 Å². The Morgan fingerprint density at radius 3 is 2.80 bits per heavy atom. The first-order valence-electron chi connectivity index (χ1n) is 3.37. The minimum atomic E-state index is -0.752. The highest BCUT2D eigenvalue weighted by Crippen LogP contribution is 2.05. The van der Waals surface area contributed by atoms with E-state index in [1.807, 2.05) is 7.05 Å². The maximum Gasteiger partial charge on any atom is 0.320 e. The summed E-state index contributed by atoms with van der Waals surface area (Å²) in [7, 11) is 1.84. The van der Waals surface area contributed by atoms with Crippen LogP contribution in [0, 0.1) is 0 Å². The quantitative estimate of drug-likeness (QED) is 0.466. The fourth-order valence-corrected chi connectivity index (χ4v) is 1.14. The highest BCUT2D eigenvalue weighted by molar-refractivity contribution is 5.73. The van der Waals surface area contributed by atoms with Gasteiger partial charge in [-0.3, -0.25) is 4.79 Å². The van der Waals surface area contributed by atoms with Crippen molar-refractivity contribution in [1.82, 2.24) is 10.6 Å². The summed E-state index contributed by atoms with van der Waals surface area (Å²) >= 11 is 0. The van der Waals surface area contributed by atoms with Gasteiger partial charge >= 0.3 is 5.97 Å². The second-order valence-corrected chi connectivity index (χ2v) is 2.52. The summed E-state index contributed by atoms with van der Waals surface area (Å²) in [5.74, 6) is -0.752. The van der Waals surface area contributed by atoms with Crippen molar-refractivity contribution in [2.75, 3.05) is 13.6 Å². The molecule has 3 N–H and O–H groups in total. The van der Waals surface area contributed by atoms with E-state index < -0.39 is 5.97 Å². The Kier molecular flexibility index (Phi) is 2.24. The van der Waals surface area contributed by atoms with Crippen LogP contribution in [-0.4, -0.2) is 36.8 Å². The molecule has 0 radical (unpaired) electrons. The third-order valence-electron chi connectivity index (χ3n) is 1.84. The third-order valence-corrected chi connectivity index (χ3v) is 1.84. The molecule has 10 heavy (non-hydrogen) atoms. The second-order valence-electron chi connectivity index (χ2n) is 2.52. The molecule has 0 aromatic rings. The molecular formula is C6H12N2O2. The van der Waals surface area contributed by atoms with Gasteiger partial charge < -0.3 is 15.7 Å². The summed E-state index contributed by atoms with van der Waals surface area (Å²) in [5.41, 5.74) is 0. The number of hydrogen-bond donors (Lipinski definition) is 3. The van der Waals surface area contributed by atoms with E-state index in [1.54, 1.807) is 0 Å². The maximum absolute atomic E-state index is 10.4. The van der Waals surface area contributed by atoms with Crippen LogP contribution in [0.15, 0.2) is 0 Å². The van der Waals surface area contributed by atoms with Crippen LogP contribution in [0.3, 0.4) is 0 Å². The van der Waals surface area contributed by atoms with E-state index in [4.69, 9.17) is 5.11 Å². The molecule has 1 aliphatic rings. The van der Waals surface area contributed by atoms with E-state index in [2.05, 4.69) is 10.6 Å². The molecule has 0 saturated carbocycles. The Morgan fingerprint density at radius 1 is 1.80 bits per heavy atom. The first kappa shape index (κ1) is 7.50. The Bertz CT molecular complexity index is 138. The first-order valence-corrected chi connectivity index (χ1v) is 3.37. The van der Waals surface area contributed by atoms with Crippen LogP contribution in [0.4, 0.5) is 0 Å². The van der Waals surface area contributed by atoms with E-state index in [9.17, 15) is 4.79 Å². The summed E-state index contributed by atoms with van der Waals surface area (Å²) < 4.78 is 0. The minimum absolute atomic E-state index is 0.320. The highest BCUT2D eigenvalue weighted by atomic mass is 16.4. The molecule has 0 unspecified atom stereocenters. The van der Waals surface area contributed by atoms with Gasteiger partial charge in [0.15, 0.2) is 0 Å². The monoisotopic (exact) mass is 144 g/mol. The average molecular weight is 144 g/mol. The second kappa shape index (κ2) is 2.98. The molecule has 1 rings (SSSR count). The Hall–Kier alpha value is -0.610. The maximum atomic E-state index is 10.4. The lowest BCUT2D eigenvalue weighted by Gasteiger charge is -2.04. The number of rotatable bonds is 2. The Balaban J connectivity index is 2.35. The molecule has 4 nitrogen and oxygen atoms in total. The zero-order chi connectivity index (χ0) is 7.56. The predicted octanol–water partition coefficient (Wildman–Crippen LogP) is -0.979. The number of carboxylic acid groups (broad SMARTS) is 1. The number of aliphatic carboxylic acids is 1. The Morgan fingerprint density at radius 2 is 2.50 bits per heavy atom. The molecule has 1 saturated heterocycles. The van der Waals surface area contributed by atoms with Crippen molar-refractivity contribution in [2.24, 2.45) is 0 Å². The van der Waals surface area contributed by atoms with Crippen molar-refractivity contribution in [1.29, 1.82) is 0 Å². The summed E-state index contributed by atoms with van der Waals surface area (Å²) in [6, 6.07) is -0.0291. The molecule has 2 atom stereocenters. The number of nitrogens with one attached hydrogen (secondary N) is 2. The van der Waals surface area contributed by atoms with Crippen molar-refractivity contribution in [2.45, 2.75) is 18.5 Å². The molecule has 4 heteroatoms. The van der Waals surface area contributed by atoms with E-state index in [0.29, 0.717) is 12.5 Å². The highest BCUT2D eigenvalue weighted by Gasteiger charge is 2.27. The fraction of sp³-hybridized carbons (Fsp3) is 0.833. The summed E-state index contributed by atoms with van der Waals surface area (Å²) in [6.45, 7) is 0.757. The molecule has 58 valence electrons. The number of hydrogen-bond acceptors (Lipinski definition) is 3. The van der Waals surface area contributed by atoms with Crippen LogP contribution in [0.5, 0.6) is 0 Å². The van der Waals surface area contributed by atoms with Gasteiger partial charge in [-0.25, -0.2) is 0 Å². The van der Waals surface area contributed by atoms with E-state index >= 15 is 0 Å². The van der Waals surface area contributed by atoms with Crippen LogP contribution in [0.2, 0.25) is 0 Å². The standard InChI is InChI=1S/C6H12N2O2/c1-7-4-2-5(6(9)10)8-3-4/h4-5,7-8H,2-3H2,1H3,(H,9,10)/t4-,5-/m0/s1. The summed E-state index contributed by atoms with van der Waals surface area (Å²) in [4.78, 5) is 10.4. The topological polar surface area (TPSA) is 61.4 Å². The van der Waals surface area contributed by atoms with Gasteiger partial charge in [-0.15, -0.1) is 0 Å². The lowest BCUT2D eigenvalue weighted by molar-refractivity contribution is -0.139. The third kappa shape index (κ3) is 1.46. The van der Waals surface area contributed by atoms with Crippen molar-refractivity contribution in [3.63, 3.8) is 0 Å². The van der Waals surface area contributed by atoms with Gasteiger partial charge in [0.2, 0.25) is 0 Å². The van der Waals surface area contributed by atoms with Gasteiger partial charge in [0.05, 0.1) is 0 Å². The lowest BCUT2D eigenvalue weighted by Crippen LogP contribution is -2.30. The van der Waals surface area contributed by atoms with Gasteiger partial charge in [0.25, 0.3) is 0 Å². The largest absolute Gasteiger partial charge is 0.480 e. The van der Waals surface area contributed by atoms with Crippen LogP contribution in [0.1, 0.15) is 6.42 Å². The van der Waals surface area contributed by atoms with Crippen LogP contribution in [0.25, 0.3) is 0 Å². The van der Waals surface area contributed by atoms with Gasteiger partial charge in [0, 0.05) is 12.6 Å². The van der Waals surface area contributed by atoms with E-state index in [0.717, 1.165) is 6.54 Å². The molecule has 1 heterocycles. The number of carbonyl (C=O) groups is 1. The summed E-state index contributed by atoms with van der Waals surface area (Å²) in [5, 5.41) is 14.5. The zero-order valence-electron chi connectivity index (χ0n) is 5.92. The fourth-order valence-electron chi connectivity index (χ4n) is 1.14. The average Bonchev–Trinajstić information content (AvgIpc) is 2.34. The Labute approximate surface area is 59.6 Å². The zero-order valence-corrected chi connectivity index (χ0v) is 5.92. The molecule has 0 aliphatic carbocycles. The van der Waals surface area contributed by atoms with Crippen molar-refractivity contribution in [3.8, 4) is 0 Å². The molecule has 0 spiro atoms. The van der Waals surface area contributed by atoms with E-state index in [1.165, 1.54) is 0 Å². The molecule has 0 bridgehead atoms. The first-order chi connectivity index (χ1) is 4.74. The summed E-state index contributed by atoms with van der Waals surface area (Å²) in [6.07, 6.45) is 0.686. The van der Waals surface area contributed by atoms with Crippen LogP contribution < -0.4 is 10.6 Å².